The molecule has 2 rings (SSSR count). The molecule has 0 radical (unpaired) electrons. The van der Waals surface area contributed by atoms with Gasteiger partial charge >= 0.3 is 5.97 Å². The molecule has 16 heavy (non-hydrogen) atoms. The lowest BCUT2D eigenvalue weighted by atomic mass is 9.87. The van der Waals surface area contributed by atoms with Crippen LogP contribution in [0, 0.1) is 11.2 Å². The molecular formula is C12H13FO3. The van der Waals surface area contributed by atoms with Gasteiger partial charge in [-0.25, -0.2) is 4.39 Å². The number of hydrogen-bond acceptors (Lipinski definition) is 2. The van der Waals surface area contributed by atoms with Gasteiger partial charge in [-0.15, -0.1) is 0 Å². The number of phenolic OH excluding ortho intramolecular Hbond substituents is 1. The largest absolute Gasteiger partial charge is 0.508 e. The van der Waals surface area contributed by atoms with Gasteiger partial charge in [0.2, 0.25) is 0 Å². The third kappa shape index (κ3) is 1.22. The number of carboxylic acid groups (broad SMARTS) is 1. The van der Waals surface area contributed by atoms with E-state index in [4.69, 9.17) is 5.11 Å². The van der Waals surface area contributed by atoms with Crippen LogP contribution in [0.25, 0.3) is 0 Å². The van der Waals surface area contributed by atoms with E-state index in [0.29, 0.717) is 6.42 Å². The number of carboxylic acids is 1. The number of phenols is 1. The average Bonchev–Trinajstić information content (AvgIpc) is 2.70. The van der Waals surface area contributed by atoms with Gasteiger partial charge in [-0.3, -0.25) is 4.79 Å². The first-order valence-corrected chi connectivity index (χ1v) is 5.04. The molecule has 86 valence electrons. The van der Waals surface area contributed by atoms with Gasteiger partial charge in [0.25, 0.3) is 0 Å². The number of aliphatic carboxylic acids is 1. The molecule has 0 bridgehead atoms. The molecule has 0 spiro atoms. The van der Waals surface area contributed by atoms with Crippen LogP contribution < -0.4 is 0 Å². The quantitative estimate of drug-likeness (QED) is 0.810. The number of hydrogen-bond donors (Lipinski definition) is 2. The SMILES string of the molecule is CC1(C)CC1(C(=O)O)c1ccc(O)cc1F. The van der Waals surface area contributed by atoms with Gasteiger partial charge in [0.1, 0.15) is 17.0 Å². The van der Waals surface area contributed by atoms with Crippen molar-refractivity contribution in [2.75, 3.05) is 0 Å². The van der Waals surface area contributed by atoms with Crippen LogP contribution in [0.5, 0.6) is 5.75 Å². The van der Waals surface area contributed by atoms with Crippen LogP contribution in [0.3, 0.4) is 0 Å². The standard InChI is InChI=1S/C12H13FO3/c1-11(2)6-12(11,10(15)16)8-4-3-7(14)5-9(8)13/h3-5,14H,6H2,1-2H3,(H,15,16). The van der Waals surface area contributed by atoms with E-state index in [-0.39, 0.29) is 11.3 Å². The van der Waals surface area contributed by atoms with Crippen molar-refractivity contribution in [2.24, 2.45) is 5.41 Å². The van der Waals surface area contributed by atoms with E-state index in [1.807, 2.05) is 0 Å². The maximum absolute atomic E-state index is 13.7. The molecule has 1 aromatic carbocycles. The number of benzene rings is 1. The lowest BCUT2D eigenvalue weighted by Crippen LogP contribution is -2.26. The maximum Gasteiger partial charge on any atom is 0.314 e. The Morgan fingerprint density at radius 2 is 2.00 bits per heavy atom. The van der Waals surface area contributed by atoms with E-state index in [1.54, 1.807) is 13.8 Å². The molecule has 1 aliphatic rings. The number of halogens is 1. The van der Waals surface area contributed by atoms with Crippen molar-refractivity contribution in [2.45, 2.75) is 25.7 Å². The van der Waals surface area contributed by atoms with Gasteiger partial charge in [0, 0.05) is 11.6 Å². The lowest BCUT2D eigenvalue weighted by Gasteiger charge is -2.16. The third-order valence-corrected chi connectivity index (χ3v) is 3.51. The summed E-state index contributed by atoms with van der Waals surface area (Å²) in [6, 6.07) is 3.62. The van der Waals surface area contributed by atoms with Gasteiger partial charge < -0.3 is 10.2 Å². The highest BCUT2D eigenvalue weighted by Crippen LogP contribution is 2.64. The fraction of sp³-hybridized carbons (Fsp3) is 0.417. The zero-order valence-corrected chi connectivity index (χ0v) is 9.12. The summed E-state index contributed by atoms with van der Waals surface area (Å²) in [4.78, 5) is 11.3. The van der Waals surface area contributed by atoms with Crippen molar-refractivity contribution < 1.29 is 19.4 Å². The summed E-state index contributed by atoms with van der Waals surface area (Å²) in [6.07, 6.45) is 0.414. The first-order chi connectivity index (χ1) is 7.31. The minimum atomic E-state index is -1.15. The summed E-state index contributed by atoms with van der Waals surface area (Å²) in [5.41, 5.74) is -1.44. The van der Waals surface area contributed by atoms with Crippen molar-refractivity contribution >= 4 is 5.97 Å². The average molecular weight is 224 g/mol. The van der Waals surface area contributed by atoms with E-state index >= 15 is 0 Å². The van der Waals surface area contributed by atoms with Crippen molar-refractivity contribution in [3.8, 4) is 5.75 Å². The Morgan fingerprint density at radius 1 is 1.44 bits per heavy atom. The predicted octanol–water partition coefficient (Wildman–Crippen LogP) is 2.28. The van der Waals surface area contributed by atoms with Crippen molar-refractivity contribution in [1.29, 1.82) is 0 Å². The summed E-state index contributed by atoms with van der Waals surface area (Å²) >= 11 is 0. The van der Waals surface area contributed by atoms with Crippen LogP contribution in [0.15, 0.2) is 18.2 Å². The topological polar surface area (TPSA) is 57.5 Å². The van der Waals surface area contributed by atoms with Crippen LogP contribution in [-0.2, 0) is 10.2 Å². The predicted molar refractivity (Wildman–Crippen MR) is 55.8 cm³/mol. The van der Waals surface area contributed by atoms with Crippen LogP contribution in [0.1, 0.15) is 25.8 Å². The minimum absolute atomic E-state index is 0.155. The molecule has 2 N–H and O–H groups in total. The lowest BCUT2D eigenvalue weighted by molar-refractivity contribution is -0.141. The Balaban J connectivity index is 2.56. The first-order valence-electron chi connectivity index (χ1n) is 5.04. The van der Waals surface area contributed by atoms with E-state index < -0.39 is 22.6 Å². The molecule has 0 saturated heterocycles. The smallest absolute Gasteiger partial charge is 0.314 e. The third-order valence-electron chi connectivity index (χ3n) is 3.51. The molecule has 4 heteroatoms. The van der Waals surface area contributed by atoms with Gasteiger partial charge in [-0.1, -0.05) is 19.9 Å². The Morgan fingerprint density at radius 3 is 2.38 bits per heavy atom. The highest BCUT2D eigenvalue weighted by Gasteiger charge is 2.68. The van der Waals surface area contributed by atoms with Gasteiger partial charge in [-0.05, 0) is 17.9 Å². The molecule has 1 aliphatic carbocycles. The number of rotatable bonds is 2. The van der Waals surface area contributed by atoms with Crippen molar-refractivity contribution in [3.05, 3.63) is 29.6 Å². The van der Waals surface area contributed by atoms with E-state index in [9.17, 15) is 14.3 Å². The first kappa shape index (κ1) is 10.9. The van der Waals surface area contributed by atoms with Crippen molar-refractivity contribution in [1.82, 2.24) is 0 Å². The molecule has 1 atom stereocenters. The second-order valence-electron chi connectivity index (χ2n) is 4.94. The second kappa shape index (κ2) is 2.97. The van der Waals surface area contributed by atoms with Crippen LogP contribution in [0.2, 0.25) is 0 Å². The maximum atomic E-state index is 13.7. The van der Waals surface area contributed by atoms with E-state index in [0.717, 1.165) is 6.07 Å². The summed E-state index contributed by atoms with van der Waals surface area (Å²) in [7, 11) is 0. The zero-order valence-electron chi connectivity index (χ0n) is 9.12. The summed E-state index contributed by atoms with van der Waals surface area (Å²) < 4.78 is 13.7. The van der Waals surface area contributed by atoms with E-state index in [2.05, 4.69) is 0 Å². The monoisotopic (exact) mass is 224 g/mol. The Labute approximate surface area is 92.5 Å². The molecule has 1 fully saturated rings. The van der Waals surface area contributed by atoms with Crippen LogP contribution in [-0.4, -0.2) is 16.2 Å². The number of carbonyl (C=O) groups is 1. The highest BCUT2D eigenvalue weighted by molar-refractivity contribution is 5.87. The Bertz CT molecular complexity index is 467. The minimum Gasteiger partial charge on any atom is -0.508 e. The fourth-order valence-corrected chi connectivity index (χ4v) is 2.41. The molecule has 0 aliphatic heterocycles. The molecule has 0 heterocycles. The molecule has 1 aromatic rings. The number of aromatic hydroxyl groups is 1. The summed E-state index contributed by atoms with van der Waals surface area (Å²) in [5.74, 6) is -1.87. The van der Waals surface area contributed by atoms with Gasteiger partial charge in [0.05, 0.1) is 0 Å². The summed E-state index contributed by atoms with van der Waals surface area (Å²) in [6.45, 7) is 3.60. The Hall–Kier alpha value is -1.58. The van der Waals surface area contributed by atoms with Crippen LogP contribution in [0.4, 0.5) is 4.39 Å². The van der Waals surface area contributed by atoms with Crippen LogP contribution >= 0.6 is 0 Å². The molecule has 1 unspecified atom stereocenters. The zero-order chi connectivity index (χ0) is 12.1. The highest BCUT2D eigenvalue weighted by atomic mass is 19.1. The molecule has 3 nitrogen and oxygen atoms in total. The molecule has 0 amide bonds. The fourth-order valence-electron chi connectivity index (χ4n) is 2.41. The Kier molecular flexibility index (Phi) is 2.02. The van der Waals surface area contributed by atoms with Crippen molar-refractivity contribution in [3.63, 3.8) is 0 Å². The van der Waals surface area contributed by atoms with Gasteiger partial charge in [-0.2, -0.15) is 0 Å². The normalized spacial score (nSPS) is 26.4. The molecule has 1 saturated carbocycles. The summed E-state index contributed by atoms with van der Waals surface area (Å²) in [5, 5.41) is 18.4. The molecular weight excluding hydrogens is 211 g/mol. The second-order valence-corrected chi connectivity index (χ2v) is 4.94. The van der Waals surface area contributed by atoms with Gasteiger partial charge in [0.15, 0.2) is 0 Å². The van der Waals surface area contributed by atoms with E-state index in [1.165, 1.54) is 12.1 Å². The molecule has 0 aromatic heterocycles.